The number of carbonyl (C=O) groups is 3. The molecule has 0 bridgehead atoms. The number of methoxy groups -OCH3 is 1. The Morgan fingerprint density at radius 1 is 1.25 bits per heavy atom. The Balaban J connectivity index is 1.81. The molecule has 1 aliphatic rings. The fraction of sp³-hybridized carbons (Fsp3) is 0.471. The molecule has 0 aliphatic carbocycles. The van der Waals surface area contributed by atoms with Gasteiger partial charge in [0, 0.05) is 31.7 Å². The minimum absolute atomic E-state index is 0.0280. The highest BCUT2D eigenvalue weighted by Crippen LogP contribution is 2.19. The topological polar surface area (TPSA) is 95.9 Å². The van der Waals surface area contributed by atoms with Gasteiger partial charge in [0.1, 0.15) is 0 Å². The quantitative estimate of drug-likeness (QED) is 0.800. The molecule has 2 N–H and O–H groups in total. The van der Waals surface area contributed by atoms with E-state index in [-0.39, 0.29) is 24.3 Å². The van der Waals surface area contributed by atoms with Gasteiger partial charge < -0.3 is 20.1 Å². The molecule has 1 saturated heterocycles. The van der Waals surface area contributed by atoms with E-state index in [9.17, 15) is 14.4 Å². The summed E-state index contributed by atoms with van der Waals surface area (Å²) in [4.78, 5) is 37.1. The van der Waals surface area contributed by atoms with Crippen molar-refractivity contribution in [2.45, 2.75) is 18.9 Å². The number of carbonyl (C=O) groups excluding carboxylic acids is 2. The van der Waals surface area contributed by atoms with Gasteiger partial charge in [-0.15, -0.1) is 0 Å². The van der Waals surface area contributed by atoms with Crippen molar-refractivity contribution >= 4 is 17.8 Å². The van der Waals surface area contributed by atoms with Gasteiger partial charge in [0.05, 0.1) is 6.54 Å². The van der Waals surface area contributed by atoms with Crippen LogP contribution < -0.4 is 5.32 Å². The fourth-order valence-electron chi connectivity index (χ4n) is 2.72. The number of ether oxygens (including phenoxy) is 1. The van der Waals surface area contributed by atoms with Crippen LogP contribution in [0, 0.1) is 5.92 Å². The summed E-state index contributed by atoms with van der Waals surface area (Å²) >= 11 is 0. The Morgan fingerprint density at radius 3 is 2.42 bits per heavy atom. The summed E-state index contributed by atoms with van der Waals surface area (Å²) in [5, 5.41) is 11.5. The lowest BCUT2D eigenvalue weighted by Crippen LogP contribution is -2.45. The van der Waals surface area contributed by atoms with Crippen LogP contribution in [-0.4, -0.2) is 60.6 Å². The number of carboxylic acid groups (broad SMARTS) is 1. The zero-order valence-corrected chi connectivity index (χ0v) is 13.6. The summed E-state index contributed by atoms with van der Waals surface area (Å²) in [5.74, 6) is -1.54. The molecule has 1 aromatic rings. The maximum atomic E-state index is 12.3. The van der Waals surface area contributed by atoms with Gasteiger partial charge in [-0.05, 0) is 25.0 Å². The first-order valence-corrected chi connectivity index (χ1v) is 7.90. The lowest BCUT2D eigenvalue weighted by molar-refractivity contribution is -0.148. The Bertz CT molecular complexity index is 582. The number of aliphatic carboxylic acids is 1. The number of amides is 2. The van der Waals surface area contributed by atoms with Crippen molar-refractivity contribution in [2.24, 2.45) is 5.92 Å². The van der Waals surface area contributed by atoms with E-state index in [1.807, 2.05) is 18.2 Å². The molecule has 1 unspecified atom stereocenters. The summed E-state index contributed by atoms with van der Waals surface area (Å²) in [6.07, 6.45) is 0.0817. The standard InChI is InChI=1S/C17H22N2O5/c1-24-14(17(22)23)11-18-15(20)12-7-9-19(10-8-12)16(21)13-5-3-2-4-6-13/h2-6,12,14H,7-11H2,1H3,(H,18,20)(H,22,23). The van der Waals surface area contributed by atoms with Crippen molar-refractivity contribution < 1.29 is 24.2 Å². The minimum atomic E-state index is -1.11. The van der Waals surface area contributed by atoms with Crippen LogP contribution in [0.25, 0.3) is 0 Å². The number of piperidine rings is 1. The number of nitrogens with one attached hydrogen (secondary N) is 1. The lowest BCUT2D eigenvalue weighted by Gasteiger charge is -2.31. The van der Waals surface area contributed by atoms with E-state index in [2.05, 4.69) is 5.32 Å². The second-order valence-corrected chi connectivity index (χ2v) is 5.74. The van der Waals surface area contributed by atoms with Crippen molar-refractivity contribution in [3.8, 4) is 0 Å². The molecule has 2 rings (SSSR count). The van der Waals surface area contributed by atoms with Gasteiger partial charge in [-0.1, -0.05) is 18.2 Å². The number of hydrogen-bond donors (Lipinski definition) is 2. The van der Waals surface area contributed by atoms with Gasteiger partial charge in [0.2, 0.25) is 5.91 Å². The molecule has 2 amide bonds. The van der Waals surface area contributed by atoms with Crippen molar-refractivity contribution in [3.05, 3.63) is 35.9 Å². The van der Waals surface area contributed by atoms with Gasteiger partial charge >= 0.3 is 5.97 Å². The monoisotopic (exact) mass is 334 g/mol. The molecule has 0 saturated carbocycles. The number of carboxylic acids is 1. The Kier molecular flexibility index (Phi) is 6.31. The summed E-state index contributed by atoms with van der Waals surface area (Å²) < 4.78 is 4.78. The Labute approximate surface area is 140 Å². The van der Waals surface area contributed by atoms with Crippen molar-refractivity contribution in [1.82, 2.24) is 10.2 Å². The normalized spacial score (nSPS) is 16.5. The summed E-state index contributed by atoms with van der Waals surface area (Å²) in [5.41, 5.74) is 0.643. The van der Waals surface area contributed by atoms with E-state index in [0.717, 1.165) is 0 Å². The predicted molar refractivity (Wildman–Crippen MR) is 86.5 cm³/mol. The molecule has 24 heavy (non-hydrogen) atoms. The van der Waals surface area contributed by atoms with Crippen LogP contribution in [0.5, 0.6) is 0 Å². The second kappa shape index (κ2) is 8.44. The second-order valence-electron chi connectivity index (χ2n) is 5.74. The first kappa shape index (κ1) is 17.9. The SMILES string of the molecule is COC(CNC(=O)C1CCN(C(=O)c2ccccc2)CC1)C(=O)O. The highest BCUT2D eigenvalue weighted by Gasteiger charge is 2.28. The van der Waals surface area contributed by atoms with Crippen LogP contribution in [-0.2, 0) is 14.3 Å². The molecule has 7 nitrogen and oxygen atoms in total. The minimum Gasteiger partial charge on any atom is -0.479 e. The molecule has 0 spiro atoms. The van der Waals surface area contributed by atoms with Crippen LogP contribution >= 0.6 is 0 Å². The van der Waals surface area contributed by atoms with Crippen molar-refractivity contribution in [3.63, 3.8) is 0 Å². The molecular formula is C17H22N2O5. The fourth-order valence-corrected chi connectivity index (χ4v) is 2.72. The summed E-state index contributed by atoms with van der Waals surface area (Å²) in [6, 6.07) is 9.05. The van der Waals surface area contributed by atoms with Crippen molar-refractivity contribution in [1.29, 1.82) is 0 Å². The summed E-state index contributed by atoms with van der Waals surface area (Å²) in [7, 11) is 1.29. The Morgan fingerprint density at radius 2 is 1.88 bits per heavy atom. The van der Waals surface area contributed by atoms with Gasteiger partial charge in [0.25, 0.3) is 5.91 Å². The molecule has 1 heterocycles. The molecule has 0 radical (unpaired) electrons. The zero-order chi connectivity index (χ0) is 17.5. The maximum Gasteiger partial charge on any atom is 0.334 e. The highest BCUT2D eigenvalue weighted by molar-refractivity contribution is 5.94. The highest BCUT2D eigenvalue weighted by atomic mass is 16.5. The van der Waals surface area contributed by atoms with Crippen LogP contribution in [0.15, 0.2) is 30.3 Å². The van der Waals surface area contributed by atoms with Gasteiger partial charge in [-0.2, -0.15) is 0 Å². The third-order valence-electron chi connectivity index (χ3n) is 4.20. The molecule has 0 aromatic heterocycles. The van der Waals surface area contributed by atoms with E-state index in [1.165, 1.54) is 7.11 Å². The zero-order valence-electron chi connectivity index (χ0n) is 13.6. The van der Waals surface area contributed by atoms with Gasteiger partial charge in [0.15, 0.2) is 6.10 Å². The van der Waals surface area contributed by atoms with E-state index < -0.39 is 12.1 Å². The number of rotatable bonds is 6. The molecule has 1 aromatic carbocycles. The number of nitrogens with zero attached hydrogens (tertiary/aromatic N) is 1. The third kappa shape index (κ3) is 4.55. The maximum absolute atomic E-state index is 12.3. The lowest BCUT2D eigenvalue weighted by atomic mass is 9.95. The van der Waals surface area contributed by atoms with E-state index >= 15 is 0 Å². The van der Waals surface area contributed by atoms with Crippen LogP contribution in [0.1, 0.15) is 23.2 Å². The number of likely N-dealkylation sites (tertiary alicyclic amines) is 1. The van der Waals surface area contributed by atoms with Gasteiger partial charge in [-0.3, -0.25) is 9.59 Å². The van der Waals surface area contributed by atoms with Gasteiger partial charge in [-0.25, -0.2) is 4.79 Å². The number of hydrogen-bond acceptors (Lipinski definition) is 4. The van der Waals surface area contributed by atoms with Crippen LogP contribution in [0.2, 0.25) is 0 Å². The molecular weight excluding hydrogens is 312 g/mol. The first-order chi connectivity index (χ1) is 11.5. The molecule has 130 valence electrons. The first-order valence-electron chi connectivity index (χ1n) is 7.90. The number of benzene rings is 1. The molecule has 1 aliphatic heterocycles. The van der Waals surface area contributed by atoms with E-state index in [4.69, 9.17) is 9.84 Å². The smallest absolute Gasteiger partial charge is 0.334 e. The Hall–Kier alpha value is -2.41. The van der Waals surface area contributed by atoms with E-state index in [0.29, 0.717) is 31.5 Å². The average molecular weight is 334 g/mol. The average Bonchev–Trinajstić information content (AvgIpc) is 2.62. The third-order valence-corrected chi connectivity index (χ3v) is 4.20. The molecule has 7 heteroatoms. The van der Waals surface area contributed by atoms with E-state index in [1.54, 1.807) is 17.0 Å². The largest absolute Gasteiger partial charge is 0.479 e. The predicted octanol–water partition coefficient (Wildman–Crippen LogP) is 0.755. The molecule has 1 fully saturated rings. The van der Waals surface area contributed by atoms with Crippen molar-refractivity contribution in [2.75, 3.05) is 26.7 Å². The molecule has 1 atom stereocenters. The summed E-state index contributed by atoms with van der Waals surface area (Å²) in [6.45, 7) is 0.963. The van der Waals surface area contributed by atoms with Crippen LogP contribution in [0.3, 0.4) is 0 Å². The van der Waals surface area contributed by atoms with Crippen LogP contribution in [0.4, 0.5) is 0 Å².